The Balaban J connectivity index is 1.69. The lowest BCUT2D eigenvalue weighted by Gasteiger charge is -2.39. The minimum atomic E-state index is 0.338. The molecule has 2 fully saturated rings. The van der Waals surface area contributed by atoms with Crippen LogP contribution in [0, 0.1) is 11.3 Å². The van der Waals surface area contributed by atoms with Gasteiger partial charge in [-0.25, -0.2) is 0 Å². The molecule has 3 atom stereocenters. The van der Waals surface area contributed by atoms with E-state index in [1.165, 1.54) is 19.3 Å². The fourth-order valence-corrected chi connectivity index (χ4v) is 3.52. The fourth-order valence-electron chi connectivity index (χ4n) is 2.57. The van der Waals surface area contributed by atoms with E-state index in [0.29, 0.717) is 23.5 Å². The highest BCUT2D eigenvalue weighted by Gasteiger charge is 2.49. The number of thioether (sulfide) groups is 1. The van der Waals surface area contributed by atoms with E-state index in [1.54, 1.807) is 11.8 Å². The largest absolute Gasteiger partial charge is 0.379 e. The summed E-state index contributed by atoms with van der Waals surface area (Å²) in [5, 5.41) is 0.746. The Labute approximate surface area is 94.8 Å². The quantitative estimate of drug-likeness (QED) is 0.739. The van der Waals surface area contributed by atoms with Gasteiger partial charge in [0.05, 0.1) is 18.8 Å². The lowest BCUT2D eigenvalue weighted by molar-refractivity contribution is -0.0520. The van der Waals surface area contributed by atoms with Crippen molar-refractivity contribution in [2.75, 3.05) is 12.4 Å². The second kappa shape index (κ2) is 3.39. The van der Waals surface area contributed by atoms with Crippen molar-refractivity contribution in [3.05, 3.63) is 0 Å². The van der Waals surface area contributed by atoms with E-state index in [0.717, 1.165) is 17.5 Å². The van der Waals surface area contributed by atoms with Crippen molar-refractivity contribution in [1.29, 1.82) is 0 Å². The number of hydrogen-bond acceptors (Lipinski definition) is 4. The number of nitrogens with two attached hydrogens (primary N) is 1. The van der Waals surface area contributed by atoms with Gasteiger partial charge in [0.2, 0.25) is 0 Å². The zero-order valence-electron chi connectivity index (χ0n) is 9.11. The van der Waals surface area contributed by atoms with Gasteiger partial charge in [-0.3, -0.25) is 4.99 Å². The average Bonchev–Trinajstić information content (AvgIpc) is 2.97. The maximum atomic E-state index is 5.95. The first-order chi connectivity index (χ1) is 7.17. The van der Waals surface area contributed by atoms with Crippen LogP contribution in [0.3, 0.4) is 0 Å². The summed E-state index contributed by atoms with van der Waals surface area (Å²) in [7, 11) is 0. The lowest BCUT2D eigenvalue weighted by Crippen LogP contribution is -2.43. The van der Waals surface area contributed by atoms with Crippen molar-refractivity contribution in [3.8, 4) is 0 Å². The normalized spacial score (nSPS) is 43.0. The van der Waals surface area contributed by atoms with Crippen LogP contribution in [0.4, 0.5) is 0 Å². The first-order valence-electron chi connectivity index (χ1n) is 5.75. The molecular formula is C11H18N2OS. The summed E-state index contributed by atoms with van der Waals surface area (Å²) in [4.78, 5) is 4.47. The number of fused-ring (bicyclic) bond motifs is 1. The van der Waals surface area contributed by atoms with Crippen LogP contribution in [0.2, 0.25) is 0 Å². The molecular weight excluding hydrogens is 208 g/mol. The maximum absolute atomic E-state index is 5.95. The zero-order valence-corrected chi connectivity index (χ0v) is 9.93. The Kier molecular flexibility index (Phi) is 2.25. The topological polar surface area (TPSA) is 47.6 Å². The maximum Gasteiger partial charge on any atom is 0.154 e. The minimum Gasteiger partial charge on any atom is -0.379 e. The van der Waals surface area contributed by atoms with Gasteiger partial charge in [-0.1, -0.05) is 18.7 Å². The number of rotatable bonds is 1. The van der Waals surface area contributed by atoms with Crippen LogP contribution < -0.4 is 5.73 Å². The summed E-state index contributed by atoms with van der Waals surface area (Å²) >= 11 is 1.71. The van der Waals surface area contributed by atoms with Crippen LogP contribution in [-0.2, 0) is 4.74 Å². The second-order valence-corrected chi connectivity index (χ2v) is 6.36. The molecule has 3 rings (SSSR count). The van der Waals surface area contributed by atoms with Gasteiger partial charge in [0.25, 0.3) is 0 Å². The van der Waals surface area contributed by atoms with E-state index in [4.69, 9.17) is 10.5 Å². The summed E-state index contributed by atoms with van der Waals surface area (Å²) in [6, 6.07) is 0.338. The molecule has 1 saturated carbocycles. The molecule has 4 heteroatoms. The summed E-state index contributed by atoms with van der Waals surface area (Å²) < 4.78 is 5.95. The number of ether oxygens (including phenoxy) is 1. The highest BCUT2D eigenvalue weighted by atomic mass is 32.2. The van der Waals surface area contributed by atoms with Crippen LogP contribution in [0.5, 0.6) is 0 Å². The molecule has 0 aromatic carbocycles. The number of hydrogen-bond donors (Lipinski definition) is 1. The van der Waals surface area contributed by atoms with Crippen molar-refractivity contribution in [2.24, 2.45) is 22.1 Å². The summed E-state index contributed by atoms with van der Waals surface area (Å²) in [5.74, 6) is 1.83. The third-order valence-corrected chi connectivity index (χ3v) is 5.08. The van der Waals surface area contributed by atoms with E-state index in [-0.39, 0.29) is 0 Å². The third kappa shape index (κ3) is 1.78. The zero-order chi connectivity index (χ0) is 10.5. The molecule has 0 radical (unpaired) electrons. The van der Waals surface area contributed by atoms with Gasteiger partial charge in [-0.2, -0.15) is 0 Å². The molecule has 0 amide bonds. The molecule has 1 unspecified atom stereocenters. The Morgan fingerprint density at radius 3 is 3.07 bits per heavy atom. The van der Waals surface area contributed by atoms with Crippen LogP contribution in [0.1, 0.15) is 26.2 Å². The van der Waals surface area contributed by atoms with Gasteiger partial charge in [0.15, 0.2) is 5.17 Å². The van der Waals surface area contributed by atoms with Crippen molar-refractivity contribution < 1.29 is 4.74 Å². The first kappa shape index (κ1) is 9.97. The Morgan fingerprint density at radius 2 is 2.33 bits per heavy atom. The van der Waals surface area contributed by atoms with Crippen LogP contribution in [-0.4, -0.2) is 29.7 Å². The Morgan fingerprint density at radius 1 is 1.53 bits per heavy atom. The molecule has 3 nitrogen and oxygen atoms in total. The average molecular weight is 226 g/mol. The van der Waals surface area contributed by atoms with E-state index < -0.39 is 0 Å². The van der Waals surface area contributed by atoms with E-state index >= 15 is 0 Å². The highest BCUT2D eigenvalue weighted by molar-refractivity contribution is 8.13. The van der Waals surface area contributed by atoms with Crippen molar-refractivity contribution in [2.45, 2.75) is 38.3 Å². The monoisotopic (exact) mass is 226 g/mol. The molecule has 3 aliphatic rings. The molecule has 1 aliphatic carbocycles. The molecule has 15 heavy (non-hydrogen) atoms. The minimum absolute atomic E-state index is 0.338. The van der Waals surface area contributed by atoms with Crippen LogP contribution in [0.25, 0.3) is 0 Å². The Hall–Kier alpha value is -0.220. The molecule has 0 bridgehead atoms. The molecule has 84 valence electrons. The standard InChI is InChI=1S/C11H18N2OS/c1-11(2-3-11)9-4-7-6-15-10(12)13-8(7)5-14-9/h7-9H,2-6H2,1H3,(H2,12,13)/t7-,8?,9+/m1/s1. The van der Waals surface area contributed by atoms with Gasteiger partial charge in [0, 0.05) is 5.75 Å². The van der Waals surface area contributed by atoms with E-state index in [2.05, 4.69) is 11.9 Å². The number of amidine groups is 1. The van der Waals surface area contributed by atoms with Gasteiger partial charge >= 0.3 is 0 Å². The molecule has 1 saturated heterocycles. The predicted molar refractivity (Wildman–Crippen MR) is 63.1 cm³/mol. The van der Waals surface area contributed by atoms with Crippen LogP contribution in [0.15, 0.2) is 4.99 Å². The SMILES string of the molecule is CC1([C@@H]2C[C@@H]3CSC(N)=NC3CO2)CC1. The number of nitrogens with zero attached hydrogens (tertiary/aromatic N) is 1. The Bertz CT molecular complexity index is 301. The molecule has 2 aliphatic heterocycles. The molecule has 0 aromatic rings. The molecule has 0 spiro atoms. The number of aliphatic imine (C=N–C) groups is 1. The smallest absolute Gasteiger partial charge is 0.154 e. The van der Waals surface area contributed by atoms with Gasteiger partial charge in [0.1, 0.15) is 0 Å². The lowest BCUT2D eigenvalue weighted by atomic mass is 9.86. The van der Waals surface area contributed by atoms with E-state index in [9.17, 15) is 0 Å². The van der Waals surface area contributed by atoms with Gasteiger partial charge in [-0.15, -0.1) is 0 Å². The predicted octanol–water partition coefficient (Wildman–Crippen LogP) is 1.62. The van der Waals surface area contributed by atoms with E-state index in [1.807, 2.05) is 0 Å². The van der Waals surface area contributed by atoms with Crippen molar-refractivity contribution in [3.63, 3.8) is 0 Å². The van der Waals surface area contributed by atoms with Gasteiger partial charge in [-0.05, 0) is 30.6 Å². The molecule has 0 aromatic heterocycles. The summed E-state index contributed by atoms with van der Waals surface area (Å²) in [6.45, 7) is 3.14. The highest BCUT2D eigenvalue weighted by Crippen LogP contribution is 2.52. The summed E-state index contributed by atoms with van der Waals surface area (Å²) in [5.41, 5.74) is 6.22. The van der Waals surface area contributed by atoms with Crippen LogP contribution >= 0.6 is 11.8 Å². The van der Waals surface area contributed by atoms with Crippen molar-refractivity contribution in [1.82, 2.24) is 0 Å². The third-order valence-electron chi connectivity index (χ3n) is 4.08. The summed E-state index contributed by atoms with van der Waals surface area (Å²) in [6.07, 6.45) is 4.35. The molecule has 2 heterocycles. The second-order valence-electron chi connectivity index (χ2n) is 5.32. The van der Waals surface area contributed by atoms with Gasteiger partial charge < -0.3 is 10.5 Å². The van der Waals surface area contributed by atoms with Crippen molar-refractivity contribution >= 4 is 16.9 Å². The molecule has 2 N–H and O–H groups in total. The first-order valence-corrected chi connectivity index (χ1v) is 6.74. The fraction of sp³-hybridized carbons (Fsp3) is 0.909.